The van der Waals surface area contributed by atoms with E-state index in [1.54, 1.807) is 19.1 Å². The summed E-state index contributed by atoms with van der Waals surface area (Å²) in [5.74, 6) is 0. The number of aromatic nitrogens is 1. The molecule has 20 heavy (non-hydrogen) atoms. The highest BCUT2D eigenvalue weighted by molar-refractivity contribution is 9.10. The second-order valence-corrected chi connectivity index (χ2v) is 6.98. The smallest absolute Gasteiger partial charge is 0.263 e. The molecule has 0 saturated carbocycles. The van der Waals surface area contributed by atoms with Crippen LogP contribution in [0, 0.1) is 6.92 Å². The summed E-state index contributed by atoms with van der Waals surface area (Å²) in [4.78, 5) is 3.88. The zero-order valence-corrected chi connectivity index (χ0v) is 13.6. The number of benzene rings is 1. The molecule has 0 aliphatic carbocycles. The van der Waals surface area contributed by atoms with Gasteiger partial charge in [0.25, 0.3) is 10.0 Å². The summed E-state index contributed by atoms with van der Waals surface area (Å²) in [7, 11) is -3.81. The number of halogens is 2. The van der Waals surface area contributed by atoms with Gasteiger partial charge in [-0.15, -0.1) is 0 Å². The van der Waals surface area contributed by atoms with Crippen LogP contribution < -0.4 is 10.5 Å². The molecule has 2 rings (SSSR count). The van der Waals surface area contributed by atoms with Crippen LogP contribution in [-0.4, -0.2) is 13.4 Å². The maximum atomic E-state index is 12.3. The topological polar surface area (TPSA) is 85.1 Å². The Morgan fingerprint density at radius 1 is 1.35 bits per heavy atom. The van der Waals surface area contributed by atoms with Gasteiger partial charge in [-0.3, -0.25) is 4.72 Å². The van der Waals surface area contributed by atoms with Gasteiger partial charge < -0.3 is 5.73 Å². The Kier molecular flexibility index (Phi) is 4.22. The molecular weight excluding hydrogens is 366 g/mol. The van der Waals surface area contributed by atoms with E-state index in [0.717, 1.165) is 5.56 Å². The minimum absolute atomic E-state index is 0.0646. The minimum Gasteiger partial charge on any atom is -0.398 e. The molecule has 106 valence electrons. The number of nitrogens with two attached hydrogens (primary N) is 1. The van der Waals surface area contributed by atoms with E-state index < -0.39 is 10.0 Å². The summed E-state index contributed by atoms with van der Waals surface area (Å²) in [6, 6.07) is 6.07. The fourth-order valence-electron chi connectivity index (χ4n) is 1.52. The Hall–Kier alpha value is -1.31. The second kappa shape index (κ2) is 5.59. The van der Waals surface area contributed by atoms with Gasteiger partial charge >= 0.3 is 0 Å². The van der Waals surface area contributed by atoms with Crippen LogP contribution in [-0.2, 0) is 10.0 Å². The standard InChI is InChI=1S/C12H11BrClN3O2S/c1-7-4-9(14)11(5-10(7)15)20(18,19)17-8-2-3-12(13)16-6-8/h2-6,17H,15H2,1H3. The lowest BCUT2D eigenvalue weighted by Gasteiger charge is -2.11. The first-order valence-electron chi connectivity index (χ1n) is 5.49. The Morgan fingerprint density at radius 3 is 2.65 bits per heavy atom. The average molecular weight is 377 g/mol. The molecule has 1 heterocycles. The highest BCUT2D eigenvalue weighted by Gasteiger charge is 2.19. The van der Waals surface area contributed by atoms with Crippen molar-refractivity contribution in [3.63, 3.8) is 0 Å². The van der Waals surface area contributed by atoms with Crippen molar-refractivity contribution in [3.8, 4) is 0 Å². The third-order valence-corrected chi connectivity index (χ3v) is 4.90. The van der Waals surface area contributed by atoms with Gasteiger partial charge in [0, 0.05) is 5.69 Å². The van der Waals surface area contributed by atoms with Crippen LogP contribution >= 0.6 is 27.5 Å². The molecule has 0 amide bonds. The molecule has 1 aromatic carbocycles. The second-order valence-electron chi connectivity index (χ2n) is 4.11. The van der Waals surface area contributed by atoms with Crippen molar-refractivity contribution in [2.24, 2.45) is 0 Å². The van der Waals surface area contributed by atoms with E-state index in [1.165, 1.54) is 18.3 Å². The molecule has 0 bridgehead atoms. The molecule has 0 aliphatic rings. The quantitative estimate of drug-likeness (QED) is 0.636. The van der Waals surface area contributed by atoms with E-state index in [-0.39, 0.29) is 9.92 Å². The number of hydrogen-bond acceptors (Lipinski definition) is 4. The fraction of sp³-hybridized carbons (Fsp3) is 0.0833. The van der Waals surface area contributed by atoms with Gasteiger partial charge in [-0.05, 0) is 52.7 Å². The highest BCUT2D eigenvalue weighted by Crippen LogP contribution is 2.28. The zero-order valence-electron chi connectivity index (χ0n) is 10.4. The first-order valence-corrected chi connectivity index (χ1v) is 8.15. The van der Waals surface area contributed by atoms with Gasteiger partial charge in [-0.2, -0.15) is 0 Å². The summed E-state index contributed by atoms with van der Waals surface area (Å²) in [5, 5.41) is 0.120. The minimum atomic E-state index is -3.81. The highest BCUT2D eigenvalue weighted by atomic mass is 79.9. The van der Waals surface area contributed by atoms with Crippen molar-refractivity contribution in [2.75, 3.05) is 10.5 Å². The van der Waals surface area contributed by atoms with E-state index in [1.807, 2.05) is 0 Å². The van der Waals surface area contributed by atoms with Crippen molar-refractivity contribution in [1.82, 2.24) is 4.98 Å². The van der Waals surface area contributed by atoms with Crippen molar-refractivity contribution in [2.45, 2.75) is 11.8 Å². The lowest BCUT2D eigenvalue weighted by molar-refractivity contribution is 0.601. The monoisotopic (exact) mass is 375 g/mol. The molecule has 8 heteroatoms. The number of rotatable bonds is 3. The average Bonchev–Trinajstić information content (AvgIpc) is 2.36. The predicted molar refractivity (Wildman–Crippen MR) is 83.3 cm³/mol. The van der Waals surface area contributed by atoms with Gasteiger partial charge in [0.1, 0.15) is 9.50 Å². The van der Waals surface area contributed by atoms with Crippen molar-refractivity contribution in [1.29, 1.82) is 0 Å². The van der Waals surface area contributed by atoms with Crippen LogP contribution in [0.5, 0.6) is 0 Å². The number of sulfonamides is 1. The molecule has 1 aromatic heterocycles. The summed E-state index contributed by atoms with van der Waals surface area (Å²) in [5.41, 5.74) is 7.15. The number of aryl methyl sites for hydroxylation is 1. The zero-order chi connectivity index (χ0) is 14.9. The molecule has 0 spiro atoms. The van der Waals surface area contributed by atoms with Crippen molar-refractivity contribution >= 4 is 48.9 Å². The molecule has 0 fully saturated rings. The van der Waals surface area contributed by atoms with Gasteiger partial charge in [0.15, 0.2) is 0 Å². The number of hydrogen-bond donors (Lipinski definition) is 2. The summed E-state index contributed by atoms with van der Waals surface area (Å²) in [6.07, 6.45) is 1.40. The lowest BCUT2D eigenvalue weighted by atomic mass is 10.2. The summed E-state index contributed by atoms with van der Waals surface area (Å²) in [6.45, 7) is 1.75. The fourth-order valence-corrected chi connectivity index (χ4v) is 3.42. The molecule has 2 aromatic rings. The third kappa shape index (κ3) is 3.23. The van der Waals surface area contributed by atoms with E-state index >= 15 is 0 Å². The molecule has 0 unspecified atom stereocenters. The van der Waals surface area contributed by atoms with Crippen LogP contribution in [0.2, 0.25) is 5.02 Å². The van der Waals surface area contributed by atoms with Gasteiger partial charge in [-0.1, -0.05) is 11.6 Å². The largest absolute Gasteiger partial charge is 0.398 e. The maximum absolute atomic E-state index is 12.3. The van der Waals surface area contributed by atoms with Crippen LogP contribution in [0.3, 0.4) is 0 Å². The summed E-state index contributed by atoms with van der Waals surface area (Å²) < 4.78 is 27.6. The van der Waals surface area contributed by atoms with Crippen molar-refractivity contribution < 1.29 is 8.42 Å². The van der Waals surface area contributed by atoms with Crippen LogP contribution in [0.25, 0.3) is 0 Å². The Balaban J connectivity index is 2.40. The Labute approximate surface area is 130 Å². The number of nitrogens with zero attached hydrogens (tertiary/aromatic N) is 1. The number of pyridine rings is 1. The molecule has 3 N–H and O–H groups in total. The maximum Gasteiger partial charge on any atom is 0.263 e. The molecule has 5 nitrogen and oxygen atoms in total. The normalized spacial score (nSPS) is 11.3. The first-order chi connectivity index (χ1) is 9.29. The molecular formula is C12H11BrClN3O2S. The molecule has 0 aliphatic heterocycles. The van der Waals surface area contributed by atoms with Gasteiger partial charge in [0.05, 0.1) is 16.9 Å². The SMILES string of the molecule is Cc1cc(Cl)c(S(=O)(=O)Nc2ccc(Br)nc2)cc1N. The predicted octanol–water partition coefficient (Wildman–Crippen LogP) is 3.19. The van der Waals surface area contributed by atoms with E-state index in [9.17, 15) is 8.42 Å². The van der Waals surface area contributed by atoms with Gasteiger partial charge in [-0.25, -0.2) is 13.4 Å². The van der Waals surface area contributed by atoms with E-state index in [2.05, 4.69) is 25.6 Å². The first kappa shape index (κ1) is 15.1. The summed E-state index contributed by atoms with van der Waals surface area (Å²) >= 11 is 9.15. The molecule has 0 atom stereocenters. The lowest BCUT2D eigenvalue weighted by Crippen LogP contribution is -2.14. The number of nitrogens with one attached hydrogen (secondary N) is 1. The number of anilines is 2. The Bertz CT molecular complexity index is 748. The van der Waals surface area contributed by atoms with Crippen molar-refractivity contribution in [3.05, 3.63) is 45.7 Å². The number of nitrogen functional groups attached to an aromatic ring is 1. The van der Waals surface area contributed by atoms with E-state index in [4.69, 9.17) is 17.3 Å². The van der Waals surface area contributed by atoms with E-state index in [0.29, 0.717) is 16.0 Å². The van der Waals surface area contributed by atoms with Gasteiger partial charge in [0.2, 0.25) is 0 Å². The van der Waals surface area contributed by atoms with Crippen LogP contribution in [0.4, 0.5) is 11.4 Å². The molecule has 0 saturated heterocycles. The van der Waals surface area contributed by atoms with Crippen LogP contribution in [0.15, 0.2) is 40.0 Å². The Morgan fingerprint density at radius 2 is 2.05 bits per heavy atom. The molecule has 0 radical (unpaired) electrons. The third-order valence-electron chi connectivity index (χ3n) is 2.59. The van der Waals surface area contributed by atoms with Crippen LogP contribution in [0.1, 0.15) is 5.56 Å².